The minimum atomic E-state index is -0.432. The molecule has 1 amide bonds. The molecule has 124 valence electrons. The Kier molecular flexibility index (Phi) is 8.90. The third-order valence-electron chi connectivity index (χ3n) is 2.72. The molecule has 1 aromatic rings. The molecule has 0 saturated heterocycles. The molecule has 0 unspecified atom stereocenters. The van der Waals surface area contributed by atoms with Crippen molar-refractivity contribution < 1.29 is 14.3 Å². The number of nitrogens with two attached hydrogens (primary N) is 1. The summed E-state index contributed by atoms with van der Waals surface area (Å²) < 4.78 is 4.90. The molecule has 0 radical (unpaired) electrons. The number of halogens is 2. The number of amides is 1. The largest absolute Gasteiger partial charge is 0.465 e. The molecule has 0 heterocycles. The number of anilines is 1. The molecule has 5 nitrogen and oxygen atoms in total. The van der Waals surface area contributed by atoms with E-state index in [2.05, 4.69) is 0 Å². The predicted octanol–water partition coefficient (Wildman–Crippen LogP) is 3.01. The van der Waals surface area contributed by atoms with Gasteiger partial charge in [-0.2, -0.15) is 0 Å². The molecule has 0 aliphatic heterocycles. The van der Waals surface area contributed by atoms with Crippen molar-refractivity contribution in [1.82, 2.24) is 4.90 Å². The number of hydrogen-bond acceptors (Lipinski definition) is 4. The second-order valence-corrected chi connectivity index (χ2v) is 5.53. The number of carbonyl (C=O) groups excluding carboxylic acids is 2. The van der Waals surface area contributed by atoms with Gasteiger partial charge in [-0.1, -0.05) is 25.4 Å². The quantitative estimate of drug-likeness (QED) is 0.633. The van der Waals surface area contributed by atoms with E-state index in [9.17, 15) is 9.59 Å². The third kappa shape index (κ3) is 6.12. The molecule has 1 rings (SSSR count). The van der Waals surface area contributed by atoms with Gasteiger partial charge in [0.1, 0.15) is 6.54 Å². The molecule has 22 heavy (non-hydrogen) atoms. The number of ether oxygens (including phenoxy) is 1. The fourth-order valence-corrected chi connectivity index (χ4v) is 2.17. The molecular formula is C15H22Cl2N2O3. The van der Waals surface area contributed by atoms with Crippen molar-refractivity contribution in [3.8, 4) is 0 Å². The molecule has 0 saturated carbocycles. The van der Waals surface area contributed by atoms with Gasteiger partial charge in [0.15, 0.2) is 0 Å². The topological polar surface area (TPSA) is 72.6 Å². The molecule has 1 aromatic carbocycles. The van der Waals surface area contributed by atoms with Crippen LogP contribution in [-0.4, -0.2) is 36.5 Å². The van der Waals surface area contributed by atoms with Crippen LogP contribution in [0.4, 0.5) is 5.69 Å². The number of carbonyl (C=O) groups is 2. The maximum Gasteiger partial charge on any atom is 0.325 e. The monoisotopic (exact) mass is 348 g/mol. The van der Waals surface area contributed by atoms with Gasteiger partial charge in [0.2, 0.25) is 0 Å². The van der Waals surface area contributed by atoms with Crippen molar-refractivity contribution in [2.75, 3.05) is 25.4 Å². The van der Waals surface area contributed by atoms with Crippen LogP contribution in [0.15, 0.2) is 18.2 Å². The maximum absolute atomic E-state index is 12.5. The van der Waals surface area contributed by atoms with Crippen molar-refractivity contribution in [3.63, 3.8) is 0 Å². The van der Waals surface area contributed by atoms with Gasteiger partial charge >= 0.3 is 5.97 Å². The summed E-state index contributed by atoms with van der Waals surface area (Å²) in [6.45, 7) is 6.30. The molecule has 0 atom stereocenters. The lowest BCUT2D eigenvalue weighted by Gasteiger charge is -2.24. The highest BCUT2D eigenvalue weighted by atomic mass is 35.5. The van der Waals surface area contributed by atoms with Crippen molar-refractivity contribution in [3.05, 3.63) is 28.8 Å². The van der Waals surface area contributed by atoms with E-state index in [0.717, 1.165) is 0 Å². The van der Waals surface area contributed by atoms with E-state index in [0.29, 0.717) is 17.8 Å². The van der Waals surface area contributed by atoms with Crippen LogP contribution in [0, 0.1) is 5.92 Å². The predicted molar refractivity (Wildman–Crippen MR) is 90.5 cm³/mol. The van der Waals surface area contributed by atoms with Crippen LogP contribution >= 0.6 is 24.0 Å². The number of esters is 1. The van der Waals surface area contributed by atoms with Gasteiger partial charge in [-0.25, -0.2) is 0 Å². The van der Waals surface area contributed by atoms with Gasteiger partial charge < -0.3 is 15.4 Å². The summed E-state index contributed by atoms with van der Waals surface area (Å²) in [7, 11) is 0. The molecular weight excluding hydrogens is 327 g/mol. The fourth-order valence-electron chi connectivity index (χ4n) is 1.90. The highest BCUT2D eigenvalue weighted by molar-refractivity contribution is 6.34. The Labute approximate surface area is 142 Å². The van der Waals surface area contributed by atoms with Gasteiger partial charge in [0.25, 0.3) is 5.91 Å². The lowest BCUT2D eigenvalue weighted by molar-refractivity contribution is -0.143. The van der Waals surface area contributed by atoms with E-state index in [4.69, 9.17) is 22.1 Å². The number of benzene rings is 1. The second-order valence-electron chi connectivity index (χ2n) is 5.12. The summed E-state index contributed by atoms with van der Waals surface area (Å²) in [5.74, 6) is -0.518. The molecule has 7 heteroatoms. The first-order chi connectivity index (χ1) is 9.85. The summed E-state index contributed by atoms with van der Waals surface area (Å²) in [6, 6.07) is 4.70. The first-order valence-corrected chi connectivity index (χ1v) is 7.22. The normalized spacial score (nSPS) is 10.0. The summed E-state index contributed by atoms with van der Waals surface area (Å²) in [5, 5.41) is 0.276. The van der Waals surface area contributed by atoms with Crippen LogP contribution in [0.5, 0.6) is 0 Å². The van der Waals surface area contributed by atoms with Crippen LogP contribution in [0.3, 0.4) is 0 Å². The van der Waals surface area contributed by atoms with Crippen LogP contribution in [-0.2, 0) is 9.53 Å². The molecule has 0 fully saturated rings. The van der Waals surface area contributed by atoms with Crippen molar-refractivity contribution in [1.29, 1.82) is 0 Å². The Hall–Kier alpha value is -1.46. The van der Waals surface area contributed by atoms with E-state index < -0.39 is 5.97 Å². The Morgan fingerprint density at radius 3 is 2.50 bits per heavy atom. The molecule has 0 bridgehead atoms. The van der Waals surface area contributed by atoms with E-state index in [-0.39, 0.29) is 42.4 Å². The van der Waals surface area contributed by atoms with E-state index in [1.807, 2.05) is 13.8 Å². The zero-order chi connectivity index (χ0) is 16.0. The van der Waals surface area contributed by atoms with Crippen molar-refractivity contribution in [2.24, 2.45) is 5.92 Å². The minimum absolute atomic E-state index is 0. The van der Waals surface area contributed by atoms with Crippen LogP contribution in [0.2, 0.25) is 5.02 Å². The highest BCUT2D eigenvalue weighted by Crippen LogP contribution is 2.21. The zero-order valence-corrected chi connectivity index (χ0v) is 14.5. The van der Waals surface area contributed by atoms with Crippen LogP contribution < -0.4 is 5.73 Å². The molecule has 0 spiro atoms. The number of nitrogens with zero attached hydrogens (tertiary/aromatic N) is 1. The van der Waals surface area contributed by atoms with Gasteiger partial charge in [0.05, 0.1) is 17.2 Å². The Balaban J connectivity index is 0.00000441. The van der Waals surface area contributed by atoms with E-state index in [1.165, 1.54) is 11.0 Å². The Morgan fingerprint density at radius 1 is 1.36 bits per heavy atom. The SMILES string of the molecule is CCOC(=O)CN(CC(C)C)C(=O)c1ccc(N)cc1Cl.Cl. The first kappa shape index (κ1) is 20.5. The molecule has 0 aliphatic rings. The van der Waals surface area contributed by atoms with Gasteiger partial charge in [0, 0.05) is 12.2 Å². The zero-order valence-electron chi connectivity index (χ0n) is 13.0. The number of rotatable bonds is 6. The molecule has 2 N–H and O–H groups in total. The van der Waals surface area contributed by atoms with Crippen LogP contribution in [0.25, 0.3) is 0 Å². The second kappa shape index (κ2) is 9.54. The average Bonchev–Trinajstić information content (AvgIpc) is 2.37. The van der Waals surface area contributed by atoms with Crippen molar-refractivity contribution >= 4 is 41.6 Å². The summed E-state index contributed by atoms with van der Waals surface area (Å²) >= 11 is 6.06. The van der Waals surface area contributed by atoms with Crippen LogP contribution in [0.1, 0.15) is 31.1 Å². The Bertz CT molecular complexity index is 522. The van der Waals surface area contributed by atoms with E-state index in [1.54, 1.807) is 19.1 Å². The highest BCUT2D eigenvalue weighted by Gasteiger charge is 2.22. The first-order valence-electron chi connectivity index (χ1n) is 6.85. The van der Waals surface area contributed by atoms with Gasteiger partial charge in [-0.05, 0) is 31.0 Å². The maximum atomic E-state index is 12.5. The van der Waals surface area contributed by atoms with E-state index >= 15 is 0 Å². The lowest BCUT2D eigenvalue weighted by atomic mass is 10.1. The fraction of sp³-hybridized carbons (Fsp3) is 0.467. The lowest BCUT2D eigenvalue weighted by Crippen LogP contribution is -2.39. The number of nitrogen functional groups attached to an aromatic ring is 1. The molecule has 0 aromatic heterocycles. The summed E-state index contributed by atoms with van der Waals surface area (Å²) in [4.78, 5) is 25.6. The Morgan fingerprint density at radius 2 is 2.00 bits per heavy atom. The standard InChI is InChI=1S/C15H21ClN2O3.ClH/c1-4-21-14(19)9-18(8-10(2)3)15(20)12-6-5-11(17)7-13(12)16;/h5-7,10H,4,8-9,17H2,1-3H3;1H. The summed E-state index contributed by atoms with van der Waals surface area (Å²) in [6.07, 6.45) is 0. The van der Waals surface area contributed by atoms with Gasteiger partial charge in [-0.3, -0.25) is 9.59 Å². The smallest absolute Gasteiger partial charge is 0.325 e. The summed E-state index contributed by atoms with van der Waals surface area (Å²) in [5.41, 5.74) is 6.43. The van der Waals surface area contributed by atoms with Crippen molar-refractivity contribution in [2.45, 2.75) is 20.8 Å². The molecule has 0 aliphatic carbocycles. The minimum Gasteiger partial charge on any atom is -0.465 e. The number of hydrogen-bond donors (Lipinski definition) is 1. The van der Waals surface area contributed by atoms with Gasteiger partial charge in [-0.15, -0.1) is 12.4 Å². The average molecular weight is 349 g/mol. The third-order valence-corrected chi connectivity index (χ3v) is 3.03.